The maximum atomic E-state index is 12.4. The van der Waals surface area contributed by atoms with Crippen molar-refractivity contribution in [2.75, 3.05) is 0 Å². The van der Waals surface area contributed by atoms with Crippen LogP contribution in [0.15, 0.2) is 18.2 Å². The minimum absolute atomic E-state index is 0.779. The predicted octanol–water partition coefficient (Wildman–Crippen LogP) is 2.02. The van der Waals surface area contributed by atoms with Gasteiger partial charge in [0.25, 0.3) is 0 Å². The normalized spacial score (nSPS) is 9.80. The lowest BCUT2D eigenvalue weighted by Crippen LogP contribution is -2.08. The minimum atomic E-state index is -2.24. The zero-order valence-electron chi connectivity index (χ0n) is 7.09. The highest BCUT2D eigenvalue weighted by atomic mass is 19.1. The Labute approximate surface area is 81.5 Å². The number of carbonyl (C=O) groups excluding carboxylic acids is 3. The van der Waals surface area contributed by atoms with Crippen LogP contribution in [0.25, 0.3) is 0 Å². The molecule has 0 spiro atoms. The number of hydrogen-bond donors (Lipinski definition) is 0. The molecule has 3 nitrogen and oxygen atoms in total. The molecule has 0 unspecified atom stereocenters. The van der Waals surface area contributed by atoms with E-state index < -0.39 is 34.8 Å². The summed E-state index contributed by atoms with van der Waals surface area (Å²) in [5.74, 6) is 0. The Balaban J connectivity index is 3.56. The Bertz CT molecular complexity index is 422. The average Bonchev–Trinajstić information content (AvgIpc) is 2.16. The zero-order chi connectivity index (χ0) is 11.6. The van der Waals surface area contributed by atoms with E-state index in [1.54, 1.807) is 0 Å². The molecule has 0 saturated carbocycles. The van der Waals surface area contributed by atoms with Gasteiger partial charge < -0.3 is 0 Å². The van der Waals surface area contributed by atoms with E-state index in [0.717, 1.165) is 18.2 Å². The summed E-state index contributed by atoms with van der Waals surface area (Å²) < 4.78 is 37.0. The van der Waals surface area contributed by atoms with Gasteiger partial charge in [-0.15, -0.1) is 0 Å². The van der Waals surface area contributed by atoms with Crippen LogP contribution < -0.4 is 0 Å². The van der Waals surface area contributed by atoms with Gasteiger partial charge in [-0.3, -0.25) is 14.4 Å². The molecule has 15 heavy (non-hydrogen) atoms. The van der Waals surface area contributed by atoms with Crippen LogP contribution >= 0.6 is 0 Å². The van der Waals surface area contributed by atoms with Gasteiger partial charge in [0.15, 0.2) is 0 Å². The van der Waals surface area contributed by atoms with Crippen molar-refractivity contribution in [1.82, 2.24) is 0 Å². The van der Waals surface area contributed by atoms with E-state index >= 15 is 0 Å². The van der Waals surface area contributed by atoms with Crippen molar-refractivity contribution in [3.8, 4) is 0 Å². The Morgan fingerprint density at radius 2 is 1.20 bits per heavy atom. The largest absolute Gasteiger partial charge is 0.333 e. The van der Waals surface area contributed by atoms with Crippen LogP contribution in [0.4, 0.5) is 13.2 Å². The van der Waals surface area contributed by atoms with Crippen molar-refractivity contribution in [3.05, 3.63) is 34.9 Å². The molecule has 1 aromatic rings. The quantitative estimate of drug-likeness (QED) is 0.726. The number of hydrogen-bond acceptors (Lipinski definition) is 3. The van der Waals surface area contributed by atoms with Crippen LogP contribution in [0.5, 0.6) is 0 Å². The van der Waals surface area contributed by atoms with Gasteiger partial charge in [0.05, 0.1) is 16.7 Å². The molecule has 0 saturated heterocycles. The molecule has 0 bridgehead atoms. The standard InChI is InChI=1S/C9H3F3O3/c10-7(13)4-2-1-3-5(8(11)14)6(4)9(12)15/h1-3H. The van der Waals surface area contributed by atoms with Gasteiger partial charge in [0.1, 0.15) is 0 Å². The highest BCUT2D eigenvalue weighted by Crippen LogP contribution is 2.18. The third kappa shape index (κ3) is 2.09. The van der Waals surface area contributed by atoms with Crippen molar-refractivity contribution in [2.45, 2.75) is 0 Å². The molecule has 0 aliphatic rings. The lowest BCUT2D eigenvalue weighted by atomic mass is 10.0. The molecule has 1 aromatic carbocycles. The van der Waals surface area contributed by atoms with Crippen molar-refractivity contribution < 1.29 is 27.6 Å². The van der Waals surface area contributed by atoms with Crippen molar-refractivity contribution in [1.29, 1.82) is 0 Å². The summed E-state index contributed by atoms with van der Waals surface area (Å²) in [6, 6.07) is -3.94. The lowest BCUT2D eigenvalue weighted by Gasteiger charge is -2.02. The first-order valence-corrected chi connectivity index (χ1v) is 3.67. The number of carbonyl (C=O) groups is 3. The first kappa shape index (κ1) is 11.1. The Kier molecular flexibility index (Phi) is 2.99. The summed E-state index contributed by atoms with van der Waals surface area (Å²) in [6.45, 7) is 0. The average molecular weight is 216 g/mol. The summed E-state index contributed by atoms with van der Waals surface area (Å²) in [4.78, 5) is 31.0. The van der Waals surface area contributed by atoms with E-state index in [-0.39, 0.29) is 0 Å². The molecule has 6 heteroatoms. The molecule has 78 valence electrons. The number of rotatable bonds is 3. The Hall–Kier alpha value is -1.98. The third-order valence-electron chi connectivity index (χ3n) is 1.68. The molecule has 0 fully saturated rings. The molecular formula is C9H3F3O3. The molecule has 0 heterocycles. The van der Waals surface area contributed by atoms with E-state index in [1.165, 1.54) is 0 Å². The van der Waals surface area contributed by atoms with Crippen LogP contribution in [-0.2, 0) is 0 Å². The van der Waals surface area contributed by atoms with Crippen LogP contribution in [-0.4, -0.2) is 18.1 Å². The van der Waals surface area contributed by atoms with Crippen LogP contribution in [0.2, 0.25) is 0 Å². The molecule has 0 aromatic heterocycles. The molecule has 0 aliphatic carbocycles. The van der Waals surface area contributed by atoms with Gasteiger partial charge in [0, 0.05) is 0 Å². The van der Waals surface area contributed by atoms with E-state index in [9.17, 15) is 27.6 Å². The topological polar surface area (TPSA) is 51.2 Å². The maximum absolute atomic E-state index is 12.4. The molecule has 1 rings (SSSR count). The van der Waals surface area contributed by atoms with Crippen molar-refractivity contribution in [2.24, 2.45) is 0 Å². The Morgan fingerprint density at radius 1 is 0.800 bits per heavy atom. The summed E-state index contributed by atoms with van der Waals surface area (Å²) in [5, 5.41) is 0. The molecule has 0 aliphatic heterocycles. The summed E-state index contributed by atoms with van der Waals surface area (Å²) in [7, 11) is 0. The molecule has 0 N–H and O–H groups in total. The second-order valence-corrected chi connectivity index (χ2v) is 2.55. The first-order valence-electron chi connectivity index (χ1n) is 3.67. The van der Waals surface area contributed by atoms with Crippen LogP contribution in [0, 0.1) is 0 Å². The van der Waals surface area contributed by atoms with Gasteiger partial charge in [-0.1, -0.05) is 6.07 Å². The molecule has 0 atom stereocenters. The SMILES string of the molecule is O=C(F)c1cccc(C(=O)F)c1C(=O)F. The van der Waals surface area contributed by atoms with Gasteiger partial charge >= 0.3 is 18.1 Å². The monoisotopic (exact) mass is 216 g/mol. The first-order chi connectivity index (χ1) is 6.95. The van der Waals surface area contributed by atoms with Gasteiger partial charge in [-0.2, -0.15) is 13.2 Å². The van der Waals surface area contributed by atoms with Gasteiger partial charge in [-0.25, -0.2) is 0 Å². The second kappa shape index (κ2) is 4.04. The smallest absolute Gasteiger partial charge is 0.255 e. The van der Waals surface area contributed by atoms with Crippen molar-refractivity contribution >= 4 is 18.1 Å². The Morgan fingerprint density at radius 3 is 1.47 bits per heavy atom. The number of halogens is 3. The maximum Gasteiger partial charge on any atom is 0.333 e. The lowest BCUT2D eigenvalue weighted by molar-refractivity contribution is 0.0780. The highest BCUT2D eigenvalue weighted by Gasteiger charge is 2.23. The highest BCUT2D eigenvalue weighted by molar-refractivity contribution is 6.09. The van der Waals surface area contributed by atoms with Crippen LogP contribution in [0.1, 0.15) is 31.1 Å². The van der Waals surface area contributed by atoms with E-state index in [4.69, 9.17) is 0 Å². The fourth-order valence-electron chi connectivity index (χ4n) is 1.09. The van der Waals surface area contributed by atoms with E-state index in [1.807, 2.05) is 0 Å². The van der Waals surface area contributed by atoms with Gasteiger partial charge in [0.2, 0.25) is 0 Å². The third-order valence-corrected chi connectivity index (χ3v) is 1.68. The fourth-order valence-corrected chi connectivity index (χ4v) is 1.09. The summed E-state index contributed by atoms with van der Waals surface area (Å²) in [5.41, 5.74) is -3.12. The molecule has 0 amide bonds. The van der Waals surface area contributed by atoms with E-state index in [0.29, 0.717) is 0 Å². The predicted molar refractivity (Wildman–Crippen MR) is 42.8 cm³/mol. The zero-order valence-corrected chi connectivity index (χ0v) is 7.09. The van der Waals surface area contributed by atoms with Gasteiger partial charge in [-0.05, 0) is 12.1 Å². The minimum Gasteiger partial charge on any atom is -0.255 e. The molecule has 0 radical (unpaired) electrons. The fraction of sp³-hybridized carbons (Fsp3) is 0. The number of benzene rings is 1. The second-order valence-electron chi connectivity index (χ2n) is 2.55. The summed E-state index contributed by atoms with van der Waals surface area (Å²) in [6.07, 6.45) is 0. The van der Waals surface area contributed by atoms with Crippen LogP contribution in [0.3, 0.4) is 0 Å². The van der Waals surface area contributed by atoms with Crippen molar-refractivity contribution in [3.63, 3.8) is 0 Å². The summed E-state index contributed by atoms with van der Waals surface area (Å²) >= 11 is 0. The molecular weight excluding hydrogens is 213 g/mol. The van der Waals surface area contributed by atoms with E-state index in [2.05, 4.69) is 0 Å².